The van der Waals surface area contributed by atoms with Crippen molar-refractivity contribution in [1.82, 2.24) is 5.43 Å². The van der Waals surface area contributed by atoms with E-state index in [1.165, 1.54) is 0 Å². The first-order valence-electron chi connectivity index (χ1n) is 6.17. The number of rotatable bonds is 4. The Morgan fingerprint density at radius 2 is 1.77 bits per heavy atom. The molecule has 0 unspecified atom stereocenters. The first-order chi connectivity index (χ1) is 10.6. The number of carbonyl (C=O) groups is 1. The van der Waals surface area contributed by atoms with E-state index < -0.39 is 0 Å². The first-order valence-corrected chi connectivity index (χ1v) is 7.75. The van der Waals surface area contributed by atoms with Gasteiger partial charge >= 0.3 is 0 Å². The van der Waals surface area contributed by atoms with E-state index >= 15 is 0 Å². The predicted octanol–water partition coefficient (Wildman–Crippen LogP) is 3.81. The second-order valence-electron chi connectivity index (χ2n) is 4.20. The summed E-state index contributed by atoms with van der Waals surface area (Å²) >= 11 is 6.64. The van der Waals surface area contributed by atoms with Gasteiger partial charge in [0.15, 0.2) is 0 Å². The van der Waals surface area contributed by atoms with Crippen LogP contribution in [0.1, 0.15) is 15.9 Å². The highest BCUT2D eigenvalue weighted by Crippen LogP contribution is 2.12. The number of halogens is 2. The lowest BCUT2D eigenvalue weighted by molar-refractivity contribution is 0.0955. The van der Waals surface area contributed by atoms with Crippen LogP contribution < -0.4 is 5.43 Å². The topological polar surface area (TPSA) is 74.0 Å². The molecule has 2 rings (SSSR count). The minimum Gasteiger partial charge on any atom is -0.411 e. The third-order valence-electron chi connectivity index (χ3n) is 2.68. The molecule has 0 spiro atoms. The molecule has 0 radical (unpaired) electrons. The van der Waals surface area contributed by atoms with Gasteiger partial charge in [-0.2, -0.15) is 5.10 Å². The lowest BCUT2D eigenvalue weighted by Crippen LogP contribution is -2.20. The summed E-state index contributed by atoms with van der Waals surface area (Å²) in [5, 5.41) is 15.7. The molecular formula is C15H11Br2N3O2. The second kappa shape index (κ2) is 7.86. The molecule has 7 heteroatoms. The molecule has 0 saturated heterocycles. The molecule has 0 heterocycles. The molecule has 0 saturated carbocycles. The van der Waals surface area contributed by atoms with Gasteiger partial charge in [0, 0.05) is 20.1 Å². The lowest BCUT2D eigenvalue weighted by Gasteiger charge is -2.04. The molecule has 0 bridgehead atoms. The molecule has 0 atom stereocenters. The normalized spacial score (nSPS) is 11.6. The molecule has 22 heavy (non-hydrogen) atoms. The third-order valence-corrected chi connectivity index (χ3v) is 3.71. The number of nitrogens with one attached hydrogen (secondary N) is 1. The van der Waals surface area contributed by atoms with Crippen LogP contribution in [0.4, 0.5) is 0 Å². The molecule has 2 aromatic carbocycles. The zero-order valence-corrected chi connectivity index (χ0v) is 14.4. The zero-order valence-electron chi connectivity index (χ0n) is 11.2. The van der Waals surface area contributed by atoms with Crippen molar-refractivity contribution < 1.29 is 10.0 Å². The van der Waals surface area contributed by atoms with Gasteiger partial charge in [0.05, 0.1) is 6.21 Å². The van der Waals surface area contributed by atoms with E-state index in [-0.39, 0.29) is 5.91 Å². The Balaban J connectivity index is 2.20. The van der Waals surface area contributed by atoms with Crippen molar-refractivity contribution in [3.8, 4) is 0 Å². The highest BCUT2D eigenvalue weighted by atomic mass is 79.9. The summed E-state index contributed by atoms with van der Waals surface area (Å²) in [5.74, 6) is -0.359. The molecule has 0 aromatic heterocycles. The summed E-state index contributed by atoms with van der Waals surface area (Å²) in [5.41, 5.74) is 3.94. The largest absolute Gasteiger partial charge is 0.411 e. The fourth-order valence-corrected chi connectivity index (χ4v) is 2.31. The van der Waals surface area contributed by atoms with Crippen molar-refractivity contribution in [2.45, 2.75) is 0 Å². The molecule has 0 fully saturated rings. The molecule has 2 aromatic rings. The minimum absolute atomic E-state index is 0.332. The van der Waals surface area contributed by atoms with Gasteiger partial charge < -0.3 is 5.21 Å². The van der Waals surface area contributed by atoms with Crippen LogP contribution in [0.3, 0.4) is 0 Å². The molecule has 0 aliphatic rings. The highest BCUT2D eigenvalue weighted by Gasteiger charge is 2.06. The number of hydrazone groups is 1. The van der Waals surface area contributed by atoms with Crippen LogP contribution in [-0.4, -0.2) is 23.0 Å². The van der Waals surface area contributed by atoms with E-state index in [1.807, 2.05) is 18.2 Å². The standard InChI is InChI=1S/C15H11Br2N3O2/c16-12-6-4-10(5-7-12)14(9-18-22)19-20-15(21)11-2-1-3-13(17)8-11/h1-9,22H,(H,20,21)/b18-9-,19-14+. The SMILES string of the molecule is O=C(N/N=C(\C=N/O)c1ccc(Br)cc1)c1cccc(Br)c1. The van der Waals surface area contributed by atoms with Gasteiger partial charge in [0.25, 0.3) is 5.91 Å². The third kappa shape index (κ3) is 4.51. The Morgan fingerprint density at radius 1 is 1.05 bits per heavy atom. The van der Waals surface area contributed by atoms with E-state index in [4.69, 9.17) is 5.21 Å². The zero-order chi connectivity index (χ0) is 15.9. The van der Waals surface area contributed by atoms with E-state index in [1.54, 1.807) is 30.3 Å². The van der Waals surface area contributed by atoms with Gasteiger partial charge in [0.1, 0.15) is 5.71 Å². The van der Waals surface area contributed by atoms with Crippen molar-refractivity contribution in [2.24, 2.45) is 10.3 Å². The Bertz CT molecular complexity index is 728. The summed E-state index contributed by atoms with van der Waals surface area (Å²) in [6.45, 7) is 0. The summed E-state index contributed by atoms with van der Waals surface area (Å²) in [6.07, 6.45) is 1.16. The predicted molar refractivity (Wildman–Crippen MR) is 92.6 cm³/mol. The van der Waals surface area contributed by atoms with Crippen LogP contribution in [0.2, 0.25) is 0 Å². The number of carbonyl (C=O) groups excluding carboxylic acids is 1. The van der Waals surface area contributed by atoms with Gasteiger partial charge in [0.2, 0.25) is 0 Å². The quantitative estimate of drug-likeness (QED) is 0.445. The van der Waals surface area contributed by atoms with Gasteiger partial charge in [-0.3, -0.25) is 4.79 Å². The fourth-order valence-electron chi connectivity index (χ4n) is 1.65. The van der Waals surface area contributed by atoms with Crippen LogP contribution in [0.5, 0.6) is 0 Å². The summed E-state index contributed by atoms with van der Waals surface area (Å²) in [4.78, 5) is 12.0. The average molecular weight is 425 g/mol. The minimum atomic E-state index is -0.359. The Hall–Kier alpha value is -1.99. The average Bonchev–Trinajstić information content (AvgIpc) is 2.52. The van der Waals surface area contributed by atoms with Crippen LogP contribution in [0, 0.1) is 0 Å². The fraction of sp³-hybridized carbons (Fsp3) is 0. The molecule has 5 nitrogen and oxygen atoms in total. The molecule has 0 aliphatic carbocycles. The number of oxime groups is 1. The summed E-state index contributed by atoms with van der Waals surface area (Å²) in [7, 11) is 0. The molecule has 1 amide bonds. The molecule has 112 valence electrons. The van der Waals surface area contributed by atoms with Crippen molar-refractivity contribution in [3.63, 3.8) is 0 Å². The maximum atomic E-state index is 12.0. The summed E-state index contributed by atoms with van der Waals surface area (Å²) < 4.78 is 1.71. The number of nitrogens with zero attached hydrogens (tertiary/aromatic N) is 2. The number of benzene rings is 2. The van der Waals surface area contributed by atoms with Gasteiger partial charge in [-0.05, 0) is 30.3 Å². The van der Waals surface area contributed by atoms with E-state index in [9.17, 15) is 4.79 Å². The van der Waals surface area contributed by atoms with Crippen LogP contribution >= 0.6 is 31.9 Å². The summed E-state index contributed by atoms with van der Waals surface area (Å²) in [6, 6.07) is 14.2. The first kappa shape index (κ1) is 16.4. The van der Waals surface area contributed by atoms with Crippen LogP contribution in [0.25, 0.3) is 0 Å². The molecule has 0 aliphatic heterocycles. The van der Waals surface area contributed by atoms with Crippen molar-refractivity contribution in [1.29, 1.82) is 0 Å². The Kier molecular flexibility index (Phi) is 5.85. The smallest absolute Gasteiger partial charge is 0.271 e. The van der Waals surface area contributed by atoms with E-state index in [0.717, 1.165) is 15.2 Å². The van der Waals surface area contributed by atoms with E-state index in [2.05, 4.69) is 47.5 Å². The maximum absolute atomic E-state index is 12.0. The lowest BCUT2D eigenvalue weighted by atomic mass is 10.1. The van der Waals surface area contributed by atoms with Crippen LogP contribution in [-0.2, 0) is 0 Å². The monoisotopic (exact) mass is 423 g/mol. The molecular weight excluding hydrogens is 414 g/mol. The number of hydrogen-bond acceptors (Lipinski definition) is 4. The van der Waals surface area contributed by atoms with E-state index in [0.29, 0.717) is 16.8 Å². The van der Waals surface area contributed by atoms with Crippen molar-refractivity contribution in [2.75, 3.05) is 0 Å². The van der Waals surface area contributed by atoms with Gasteiger partial charge in [-0.1, -0.05) is 55.2 Å². The Morgan fingerprint density at radius 3 is 2.41 bits per heavy atom. The second-order valence-corrected chi connectivity index (χ2v) is 6.03. The highest BCUT2D eigenvalue weighted by molar-refractivity contribution is 9.10. The van der Waals surface area contributed by atoms with Gasteiger partial charge in [-0.15, -0.1) is 0 Å². The number of amides is 1. The Labute approximate surface area is 144 Å². The maximum Gasteiger partial charge on any atom is 0.271 e. The van der Waals surface area contributed by atoms with Gasteiger partial charge in [-0.25, -0.2) is 5.43 Å². The van der Waals surface area contributed by atoms with Crippen molar-refractivity contribution in [3.05, 3.63) is 68.6 Å². The number of hydrogen-bond donors (Lipinski definition) is 2. The van der Waals surface area contributed by atoms with Crippen molar-refractivity contribution >= 4 is 49.7 Å². The molecule has 2 N–H and O–H groups in total. The van der Waals surface area contributed by atoms with Crippen LogP contribution in [0.15, 0.2) is 67.7 Å².